The van der Waals surface area contributed by atoms with Crippen molar-refractivity contribution in [3.8, 4) is 11.5 Å². The number of aromatic nitrogens is 1. The Morgan fingerprint density at radius 1 is 1.25 bits per heavy atom. The summed E-state index contributed by atoms with van der Waals surface area (Å²) in [5.41, 5.74) is 2.17. The number of carboxylic acid groups (broad SMARTS) is 1. The Morgan fingerprint density at radius 3 is 2.65 bits per heavy atom. The second kappa shape index (κ2) is 5.74. The van der Waals surface area contributed by atoms with Gasteiger partial charge in [0.05, 0.1) is 0 Å². The largest absolute Gasteiger partial charge is 0.477 e. The number of aryl methyl sites for hydroxylation is 1. The maximum atomic E-state index is 11.2. The minimum Gasteiger partial charge on any atom is -0.477 e. The molecule has 0 aliphatic rings. The standard InChI is InChI=1S/C16H17NO3/c1-10(2)12-5-4-11(3)15(8-12)20-14-6-7-17-9-13(14)16(18)19/h4-10H,1-3H3,(H,18,19). The Hall–Kier alpha value is -2.36. The van der Waals surface area contributed by atoms with Crippen molar-refractivity contribution in [2.75, 3.05) is 0 Å². The van der Waals surface area contributed by atoms with Crippen molar-refractivity contribution < 1.29 is 14.6 Å². The second-order valence-electron chi connectivity index (χ2n) is 4.96. The average Bonchev–Trinajstić information content (AvgIpc) is 2.41. The summed E-state index contributed by atoms with van der Waals surface area (Å²) in [5.74, 6) is 0.307. The van der Waals surface area contributed by atoms with Crippen LogP contribution in [-0.2, 0) is 0 Å². The van der Waals surface area contributed by atoms with Gasteiger partial charge in [0.25, 0.3) is 0 Å². The van der Waals surface area contributed by atoms with Crippen LogP contribution in [0.5, 0.6) is 11.5 Å². The predicted molar refractivity (Wildman–Crippen MR) is 76.5 cm³/mol. The molecule has 0 radical (unpaired) electrons. The highest BCUT2D eigenvalue weighted by Gasteiger charge is 2.13. The normalized spacial score (nSPS) is 10.6. The summed E-state index contributed by atoms with van der Waals surface area (Å²) in [5, 5.41) is 9.14. The molecule has 2 aromatic rings. The van der Waals surface area contributed by atoms with E-state index in [4.69, 9.17) is 9.84 Å². The molecule has 4 nitrogen and oxygen atoms in total. The van der Waals surface area contributed by atoms with E-state index in [1.54, 1.807) is 6.07 Å². The van der Waals surface area contributed by atoms with Crippen molar-refractivity contribution in [2.24, 2.45) is 0 Å². The van der Waals surface area contributed by atoms with Gasteiger partial charge in [0.15, 0.2) is 0 Å². The minimum atomic E-state index is -1.05. The van der Waals surface area contributed by atoms with Crippen LogP contribution in [0.4, 0.5) is 0 Å². The van der Waals surface area contributed by atoms with E-state index >= 15 is 0 Å². The Morgan fingerprint density at radius 2 is 2.00 bits per heavy atom. The number of pyridine rings is 1. The summed E-state index contributed by atoms with van der Waals surface area (Å²) in [6.07, 6.45) is 2.81. The van der Waals surface area contributed by atoms with E-state index in [-0.39, 0.29) is 5.56 Å². The minimum absolute atomic E-state index is 0.0573. The number of carbonyl (C=O) groups is 1. The lowest BCUT2D eigenvalue weighted by molar-refractivity contribution is 0.0693. The molecule has 0 amide bonds. The second-order valence-corrected chi connectivity index (χ2v) is 4.96. The Kier molecular flexibility index (Phi) is 4.03. The van der Waals surface area contributed by atoms with E-state index in [1.165, 1.54) is 12.4 Å². The first-order chi connectivity index (χ1) is 9.49. The first kappa shape index (κ1) is 14.1. The fraction of sp³-hybridized carbons (Fsp3) is 0.250. The lowest BCUT2D eigenvalue weighted by atomic mass is 10.0. The monoisotopic (exact) mass is 271 g/mol. The smallest absolute Gasteiger partial charge is 0.341 e. The summed E-state index contributed by atoms with van der Waals surface area (Å²) in [6.45, 7) is 6.13. The van der Waals surface area contributed by atoms with Crippen LogP contribution in [0.1, 0.15) is 41.3 Å². The molecule has 1 N–H and O–H groups in total. The van der Waals surface area contributed by atoms with Crippen molar-refractivity contribution in [1.82, 2.24) is 4.98 Å². The molecule has 0 aliphatic heterocycles. The quantitative estimate of drug-likeness (QED) is 0.912. The third kappa shape index (κ3) is 2.96. The summed E-state index contributed by atoms with van der Waals surface area (Å²) in [6, 6.07) is 7.54. The third-order valence-electron chi connectivity index (χ3n) is 3.11. The molecule has 0 fully saturated rings. The van der Waals surface area contributed by atoms with Gasteiger partial charge in [-0.1, -0.05) is 26.0 Å². The van der Waals surface area contributed by atoms with Crippen LogP contribution in [0, 0.1) is 6.92 Å². The van der Waals surface area contributed by atoms with E-state index in [0.717, 1.165) is 11.1 Å². The highest BCUT2D eigenvalue weighted by Crippen LogP contribution is 2.30. The highest BCUT2D eigenvalue weighted by molar-refractivity contribution is 5.90. The van der Waals surface area contributed by atoms with Crippen molar-refractivity contribution in [3.05, 3.63) is 53.3 Å². The number of hydrogen-bond donors (Lipinski definition) is 1. The van der Waals surface area contributed by atoms with Crippen LogP contribution >= 0.6 is 0 Å². The van der Waals surface area contributed by atoms with E-state index < -0.39 is 5.97 Å². The first-order valence-corrected chi connectivity index (χ1v) is 6.44. The van der Waals surface area contributed by atoms with Crippen LogP contribution < -0.4 is 4.74 Å². The van der Waals surface area contributed by atoms with Gasteiger partial charge < -0.3 is 9.84 Å². The molecule has 1 aromatic carbocycles. The van der Waals surface area contributed by atoms with Gasteiger partial charge in [0.1, 0.15) is 17.1 Å². The van der Waals surface area contributed by atoms with E-state index in [2.05, 4.69) is 24.9 Å². The molecule has 0 saturated heterocycles. The van der Waals surface area contributed by atoms with Crippen molar-refractivity contribution in [2.45, 2.75) is 26.7 Å². The number of carboxylic acids is 1. The highest BCUT2D eigenvalue weighted by atomic mass is 16.5. The van der Waals surface area contributed by atoms with Crippen molar-refractivity contribution >= 4 is 5.97 Å². The SMILES string of the molecule is Cc1ccc(C(C)C)cc1Oc1ccncc1C(=O)O. The molecule has 0 spiro atoms. The molecule has 4 heteroatoms. The molecule has 1 aromatic heterocycles. The zero-order valence-electron chi connectivity index (χ0n) is 11.8. The molecule has 2 rings (SSSR count). The van der Waals surface area contributed by atoms with Gasteiger partial charge in [-0.15, -0.1) is 0 Å². The molecule has 0 bridgehead atoms. The van der Waals surface area contributed by atoms with Crippen molar-refractivity contribution in [1.29, 1.82) is 0 Å². The van der Waals surface area contributed by atoms with Crippen LogP contribution in [0.15, 0.2) is 36.7 Å². The van der Waals surface area contributed by atoms with Gasteiger partial charge in [0.2, 0.25) is 0 Å². The number of rotatable bonds is 4. The van der Waals surface area contributed by atoms with Gasteiger partial charge in [-0.2, -0.15) is 0 Å². The van der Waals surface area contributed by atoms with Gasteiger partial charge in [0, 0.05) is 18.5 Å². The van der Waals surface area contributed by atoms with E-state index in [9.17, 15) is 4.79 Å². The van der Waals surface area contributed by atoms with Gasteiger partial charge in [-0.3, -0.25) is 4.98 Å². The van der Waals surface area contributed by atoms with E-state index in [0.29, 0.717) is 17.4 Å². The summed E-state index contributed by atoms with van der Waals surface area (Å²) in [7, 11) is 0. The number of nitrogens with zero attached hydrogens (tertiary/aromatic N) is 1. The molecule has 1 heterocycles. The van der Waals surface area contributed by atoms with Crippen LogP contribution in [0.25, 0.3) is 0 Å². The Balaban J connectivity index is 2.40. The summed E-state index contributed by atoms with van der Waals surface area (Å²) in [4.78, 5) is 15.0. The van der Waals surface area contributed by atoms with Gasteiger partial charge in [-0.05, 0) is 30.0 Å². The molecular weight excluding hydrogens is 254 g/mol. The van der Waals surface area contributed by atoms with E-state index in [1.807, 2.05) is 19.1 Å². The fourth-order valence-electron chi connectivity index (χ4n) is 1.84. The maximum Gasteiger partial charge on any atom is 0.341 e. The van der Waals surface area contributed by atoms with Gasteiger partial charge in [-0.25, -0.2) is 4.79 Å². The predicted octanol–water partition coefficient (Wildman–Crippen LogP) is 4.00. The first-order valence-electron chi connectivity index (χ1n) is 6.44. The number of ether oxygens (including phenoxy) is 1. The Bertz CT molecular complexity index is 635. The maximum absolute atomic E-state index is 11.2. The van der Waals surface area contributed by atoms with Gasteiger partial charge >= 0.3 is 5.97 Å². The third-order valence-corrected chi connectivity index (χ3v) is 3.11. The topological polar surface area (TPSA) is 59.4 Å². The molecule has 0 atom stereocenters. The molecule has 0 unspecified atom stereocenters. The lowest BCUT2D eigenvalue weighted by Crippen LogP contribution is -2.01. The molecular formula is C16H17NO3. The zero-order valence-corrected chi connectivity index (χ0v) is 11.8. The zero-order chi connectivity index (χ0) is 14.7. The van der Waals surface area contributed by atoms with Crippen molar-refractivity contribution in [3.63, 3.8) is 0 Å². The van der Waals surface area contributed by atoms with Crippen LogP contribution in [0.2, 0.25) is 0 Å². The molecule has 0 aliphatic carbocycles. The fourth-order valence-corrected chi connectivity index (χ4v) is 1.84. The van der Waals surface area contributed by atoms with Crippen LogP contribution in [0.3, 0.4) is 0 Å². The number of hydrogen-bond acceptors (Lipinski definition) is 3. The molecule has 20 heavy (non-hydrogen) atoms. The van der Waals surface area contributed by atoms with Crippen LogP contribution in [-0.4, -0.2) is 16.1 Å². The average molecular weight is 271 g/mol. The Labute approximate surface area is 118 Å². The summed E-state index contributed by atoms with van der Waals surface area (Å²) >= 11 is 0. The number of aromatic carboxylic acids is 1. The lowest BCUT2D eigenvalue weighted by Gasteiger charge is -2.13. The number of benzene rings is 1. The molecule has 0 saturated carbocycles. The molecule has 104 valence electrons. The summed E-state index contributed by atoms with van der Waals surface area (Å²) < 4.78 is 5.77.